The van der Waals surface area contributed by atoms with Crippen molar-refractivity contribution in [2.24, 2.45) is 22.7 Å². The van der Waals surface area contributed by atoms with Gasteiger partial charge in [-0.25, -0.2) is 0 Å². The molecule has 0 radical (unpaired) electrons. The Morgan fingerprint density at radius 2 is 0.730 bits per heavy atom. The van der Waals surface area contributed by atoms with Crippen LogP contribution < -0.4 is 42.5 Å². The van der Waals surface area contributed by atoms with Crippen LogP contribution in [0.1, 0.15) is 139 Å². The Balaban J connectivity index is 1.36. The Bertz CT molecular complexity index is 2510. The molecule has 1 saturated carbocycles. The molecular weight excluding hydrogens is 1470 g/mol. The van der Waals surface area contributed by atoms with Gasteiger partial charge in [0.15, 0.2) is 18.9 Å². The van der Waals surface area contributed by atoms with Gasteiger partial charge in [0.2, 0.25) is 47.3 Å². The molecule has 17 unspecified atom stereocenters. The highest BCUT2D eigenvalue weighted by Crippen LogP contribution is 2.40. The highest BCUT2D eigenvalue weighted by atomic mass is 16.7. The molecule has 1 aliphatic carbocycles. The summed E-state index contributed by atoms with van der Waals surface area (Å²) >= 11 is 0. The number of hydrogen-bond donors (Lipinski definition) is 17. The number of aliphatic hydroxyl groups is 9. The van der Waals surface area contributed by atoms with Crippen molar-refractivity contribution in [2.45, 2.75) is 243 Å². The van der Waals surface area contributed by atoms with Gasteiger partial charge in [-0.1, -0.05) is 41.5 Å². The summed E-state index contributed by atoms with van der Waals surface area (Å²) in [6.45, 7) is 16.7. The lowest BCUT2D eigenvalue weighted by molar-refractivity contribution is -0.272. The van der Waals surface area contributed by atoms with Crippen LogP contribution in [-0.2, 0) is 99.9 Å². The molecule has 3 saturated heterocycles. The zero-order valence-electron chi connectivity index (χ0n) is 66.2. The van der Waals surface area contributed by atoms with Gasteiger partial charge in [-0.2, -0.15) is 0 Å². The van der Waals surface area contributed by atoms with Gasteiger partial charge in [0, 0.05) is 84.6 Å². The summed E-state index contributed by atoms with van der Waals surface area (Å²) in [5.74, 6) is -2.43. The number of carbonyl (C=O) groups is 8. The van der Waals surface area contributed by atoms with Gasteiger partial charge in [0.1, 0.15) is 73.1 Å². The fourth-order valence-corrected chi connectivity index (χ4v) is 13.5. The van der Waals surface area contributed by atoms with E-state index in [1.165, 1.54) is 27.2 Å². The topological polar surface area (TPSA) is 535 Å². The van der Waals surface area contributed by atoms with E-state index in [4.69, 9.17) is 61.6 Å². The molecule has 38 nitrogen and oxygen atoms in total. The molecule has 0 aromatic carbocycles. The van der Waals surface area contributed by atoms with E-state index in [1.54, 1.807) is 0 Å². The Morgan fingerprint density at radius 3 is 1.05 bits per heavy atom. The molecule has 3 heterocycles. The predicted octanol–water partition coefficient (Wildman–Crippen LogP) is -4.31. The Labute approximate surface area is 650 Å². The van der Waals surface area contributed by atoms with Crippen LogP contribution in [0.25, 0.3) is 0 Å². The molecule has 111 heavy (non-hydrogen) atoms. The van der Waals surface area contributed by atoms with Gasteiger partial charge in [-0.05, 0) is 67.6 Å². The summed E-state index contributed by atoms with van der Waals surface area (Å²) in [5, 5.41) is 113. The third-order valence-electron chi connectivity index (χ3n) is 19.3. The lowest BCUT2D eigenvalue weighted by atomic mass is 9.73. The van der Waals surface area contributed by atoms with E-state index in [9.17, 15) is 84.3 Å². The molecule has 4 fully saturated rings. The van der Waals surface area contributed by atoms with E-state index in [1.807, 2.05) is 0 Å². The largest absolute Gasteiger partial charge is 0.394 e. The SMILES string of the molecule is CC(=O)NC1C(OCCOCCOCCNC(=O)CCC(CCC(=O)NCCOCCOCCOC2OC(CO)C(O)C(O)C2NC(C)=O)(CCC(=O)NCCOCCOCCOC2OC(CO)C(O)C(O)C2NC(C)=O)NC(=O)CCCC(=O)NCC(C)(C)CC(C)(C)COC2CCC2C(C)C)OC(CO)C(O)C1O. The second-order valence-corrected chi connectivity index (χ2v) is 30.4. The van der Waals surface area contributed by atoms with Crippen molar-refractivity contribution in [1.82, 2.24) is 42.5 Å². The van der Waals surface area contributed by atoms with Crippen LogP contribution in [0.4, 0.5) is 0 Å². The molecule has 0 bridgehead atoms. The zero-order chi connectivity index (χ0) is 82.1. The quantitative estimate of drug-likeness (QED) is 0.0256. The van der Waals surface area contributed by atoms with Crippen LogP contribution in [0.5, 0.6) is 0 Å². The minimum absolute atomic E-state index is 0.0222. The summed E-state index contributed by atoms with van der Waals surface area (Å²) in [4.78, 5) is 104. The highest BCUT2D eigenvalue weighted by molar-refractivity contribution is 5.81. The van der Waals surface area contributed by atoms with Crippen molar-refractivity contribution in [3.05, 3.63) is 0 Å². The maximum atomic E-state index is 14.2. The average Bonchev–Trinajstić information content (AvgIpc) is 0.825. The molecule has 0 spiro atoms. The van der Waals surface area contributed by atoms with E-state index in [-0.39, 0.29) is 199 Å². The fourth-order valence-electron chi connectivity index (χ4n) is 13.5. The van der Waals surface area contributed by atoms with Gasteiger partial charge < -0.3 is 150 Å². The molecule has 8 amide bonds. The molecule has 17 atom stereocenters. The number of rotatable bonds is 58. The summed E-state index contributed by atoms with van der Waals surface area (Å²) < 4.78 is 73.9. The molecule has 38 heteroatoms. The Kier molecular flexibility index (Phi) is 46.4. The standard InChI is InChI=1S/C73H132N8O30/c1-45(2)49-13-14-50(49)108-44-72(8,9)42-71(6,7)43-77-54(88)11-10-12-58(92)81-73(18-15-55(89)74-21-24-99-27-30-102-33-36-105-68-59(78-46(3)85)65(96)62(93)51(39-82)109-68,19-16-56(90)75-22-25-100-28-31-103-34-37-106-69-60(79-47(4)86)66(97)63(94)52(40-83)110-69)20-17-57(91)76-23-26-101-29-32-104-35-38-107-70-61(80-48(5)87)67(98)64(95)53(41-84)111-70/h45,49-53,59-70,82-84,93-98H,10-44H2,1-9H3,(H,74,89)(H,75,90)(H,76,91)(H,77,88)(H,78,85)(H,79,86)(H,80,87)(H,81,92). The number of aliphatic hydroxyl groups excluding tert-OH is 9. The van der Waals surface area contributed by atoms with Crippen LogP contribution in [0, 0.1) is 22.7 Å². The normalized spacial score (nSPS) is 26.7. The van der Waals surface area contributed by atoms with Crippen LogP contribution in [0.2, 0.25) is 0 Å². The number of ether oxygens (including phenoxy) is 13. The maximum absolute atomic E-state index is 14.2. The molecule has 3 aliphatic heterocycles. The van der Waals surface area contributed by atoms with Crippen molar-refractivity contribution in [2.75, 3.05) is 152 Å². The first-order valence-corrected chi connectivity index (χ1v) is 38.7. The van der Waals surface area contributed by atoms with Crippen LogP contribution in [0.3, 0.4) is 0 Å². The van der Waals surface area contributed by atoms with Crippen molar-refractivity contribution >= 4 is 47.3 Å². The lowest BCUT2D eigenvalue weighted by Crippen LogP contribution is -2.64. The van der Waals surface area contributed by atoms with E-state index in [0.717, 1.165) is 12.8 Å². The summed E-state index contributed by atoms with van der Waals surface area (Å²) in [5.41, 5.74) is -1.79. The summed E-state index contributed by atoms with van der Waals surface area (Å²) in [7, 11) is 0. The lowest BCUT2D eigenvalue weighted by Gasteiger charge is -2.42. The molecule has 4 rings (SSSR count). The van der Waals surface area contributed by atoms with Crippen molar-refractivity contribution in [3.8, 4) is 0 Å². The Hall–Kier alpha value is -5.12. The molecule has 0 aromatic rings. The molecular formula is C73H132N8O30. The van der Waals surface area contributed by atoms with Crippen molar-refractivity contribution < 1.29 is 146 Å². The molecule has 644 valence electrons. The van der Waals surface area contributed by atoms with Crippen LogP contribution in [0.15, 0.2) is 0 Å². The van der Waals surface area contributed by atoms with Gasteiger partial charge in [-0.15, -0.1) is 0 Å². The second-order valence-electron chi connectivity index (χ2n) is 30.4. The minimum atomic E-state index is -1.48. The predicted molar refractivity (Wildman–Crippen MR) is 393 cm³/mol. The smallest absolute Gasteiger partial charge is 0.220 e. The highest BCUT2D eigenvalue weighted by Gasteiger charge is 2.48. The van der Waals surface area contributed by atoms with E-state index in [2.05, 4.69) is 84.1 Å². The van der Waals surface area contributed by atoms with E-state index >= 15 is 0 Å². The van der Waals surface area contributed by atoms with Gasteiger partial charge in [0.05, 0.1) is 132 Å². The third kappa shape index (κ3) is 37.6. The second kappa shape index (κ2) is 52.5. The van der Waals surface area contributed by atoms with Gasteiger partial charge >= 0.3 is 0 Å². The third-order valence-corrected chi connectivity index (χ3v) is 19.3. The zero-order valence-corrected chi connectivity index (χ0v) is 66.2. The van der Waals surface area contributed by atoms with E-state index < -0.39 is 159 Å². The van der Waals surface area contributed by atoms with Gasteiger partial charge in [0.25, 0.3) is 0 Å². The first-order valence-electron chi connectivity index (χ1n) is 38.7. The number of amides is 8. The maximum Gasteiger partial charge on any atom is 0.220 e. The average molecular weight is 1600 g/mol. The fraction of sp³-hybridized carbons (Fsp3) is 0.890. The van der Waals surface area contributed by atoms with Crippen LogP contribution in [-0.4, -0.2) is 349 Å². The number of carbonyl (C=O) groups excluding carboxylic acids is 8. The summed E-state index contributed by atoms with van der Waals surface area (Å²) in [6.07, 6.45) is -13.2. The van der Waals surface area contributed by atoms with E-state index in [0.29, 0.717) is 25.0 Å². The number of hydrogen-bond acceptors (Lipinski definition) is 30. The molecule has 0 aromatic heterocycles. The first-order chi connectivity index (χ1) is 52.7. The van der Waals surface area contributed by atoms with Crippen molar-refractivity contribution in [3.63, 3.8) is 0 Å². The first kappa shape index (κ1) is 98.2. The van der Waals surface area contributed by atoms with Gasteiger partial charge in [-0.3, -0.25) is 38.4 Å². The van der Waals surface area contributed by atoms with Crippen molar-refractivity contribution in [1.29, 1.82) is 0 Å². The Morgan fingerprint density at radius 1 is 0.405 bits per heavy atom. The van der Waals surface area contributed by atoms with Crippen LogP contribution >= 0.6 is 0 Å². The monoisotopic (exact) mass is 1600 g/mol. The summed E-state index contributed by atoms with van der Waals surface area (Å²) in [6, 6.07) is -3.36. The molecule has 4 aliphatic rings. The number of nitrogens with one attached hydrogen (secondary N) is 8. The minimum Gasteiger partial charge on any atom is -0.394 e. The molecule has 17 N–H and O–H groups in total.